The number of halogens is 6. The number of likely N-dealkylation sites (tertiary alicyclic amines) is 1. The van der Waals surface area contributed by atoms with Gasteiger partial charge < -0.3 is 9.08 Å². The topological polar surface area (TPSA) is 87.5 Å². The highest BCUT2D eigenvalue weighted by molar-refractivity contribution is 7.88. The van der Waals surface area contributed by atoms with Crippen LogP contribution in [0.4, 0.5) is 26.3 Å². The van der Waals surface area contributed by atoms with Crippen LogP contribution in [0.1, 0.15) is 37.0 Å². The number of hydrogen-bond donors (Lipinski definition) is 0. The van der Waals surface area contributed by atoms with Gasteiger partial charge in [0.15, 0.2) is 5.75 Å². The summed E-state index contributed by atoms with van der Waals surface area (Å²) in [5, 5.41) is 9.27. The van der Waals surface area contributed by atoms with Crippen LogP contribution in [0.2, 0.25) is 0 Å². The average molecular weight is 470 g/mol. The molecule has 1 amide bonds. The van der Waals surface area contributed by atoms with Gasteiger partial charge in [-0.3, -0.25) is 4.79 Å². The molecule has 1 aliphatic heterocycles. The number of carbonyl (C=O) groups is 1. The number of hydrogen-bond acceptors (Lipinski definition) is 5. The van der Waals surface area contributed by atoms with Gasteiger partial charge in [0.1, 0.15) is 6.07 Å². The molecule has 1 aliphatic carbocycles. The minimum absolute atomic E-state index is 0.0524. The number of amides is 1. The van der Waals surface area contributed by atoms with E-state index in [9.17, 15) is 44.8 Å². The van der Waals surface area contributed by atoms with Gasteiger partial charge in [0, 0.05) is 12.6 Å². The van der Waals surface area contributed by atoms with Crippen LogP contribution in [0.3, 0.4) is 0 Å². The van der Waals surface area contributed by atoms with Crippen molar-refractivity contribution >= 4 is 16.0 Å². The summed E-state index contributed by atoms with van der Waals surface area (Å²) < 4.78 is 104. The van der Waals surface area contributed by atoms with E-state index in [0.29, 0.717) is 11.1 Å². The first-order valence-electron chi connectivity index (χ1n) is 8.99. The van der Waals surface area contributed by atoms with Crippen molar-refractivity contribution in [2.75, 3.05) is 6.54 Å². The predicted molar refractivity (Wildman–Crippen MR) is 93.2 cm³/mol. The number of rotatable bonds is 2. The lowest BCUT2D eigenvalue weighted by molar-refractivity contribution is -0.192. The third-order valence-corrected chi connectivity index (χ3v) is 7.18. The number of carbonyl (C=O) groups excluding carboxylic acids is 1. The van der Waals surface area contributed by atoms with E-state index in [1.807, 2.05) is 0 Å². The Morgan fingerprint density at radius 2 is 1.87 bits per heavy atom. The lowest BCUT2D eigenvalue weighted by atomic mass is 9.59. The van der Waals surface area contributed by atoms with Crippen LogP contribution >= 0.6 is 0 Å². The Labute approximate surface area is 173 Å². The number of piperidine rings is 1. The molecule has 170 valence electrons. The number of fused-ring (bicyclic) bond motifs is 4. The van der Waals surface area contributed by atoms with Gasteiger partial charge in [-0.2, -0.15) is 40.0 Å². The highest BCUT2D eigenvalue weighted by Gasteiger charge is 2.54. The zero-order valence-electron chi connectivity index (χ0n) is 16.1. The van der Waals surface area contributed by atoms with Gasteiger partial charge in [-0.15, -0.1) is 0 Å². The fourth-order valence-corrected chi connectivity index (χ4v) is 4.86. The molecule has 0 unspecified atom stereocenters. The van der Waals surface area contributed by atoms with Gasteiger partial charge in [0.25, 0.3) is 0 Å². The van der Waals surface area contributed by atoms with Crippen molar-refractivity contribution < 1.29 is 43.7 Å². The maximum Gasteiger partial charge on any atom is 0.534 e. The fraction of sp³-hybridized carbons (Fsp3) is 0.556. The largest absolute Gasteiger partial charge is 0.534 e. The first kappa shape index (κ1) is 23.2. The summed E-state index contributed by atoms with van der Waals surface area (Å²) in [6.07, 6.45) is -5.08. The molecule has 0 spiro atoms. The molecule has 1 saturated heterocycles. The van der Waals surface area contributed by atoms with Crippen molar-refractivity contribution in [1.29, 1.82) is 5.26 Å². The molecule has 1 aromatic rings. The Kier molecular flexibility index (Phi) is 5.24. The van der Waals surface area contributed by atoms with E-state index in [-0.39, 0.29) is 19.4 Å². The van der Waals surface area contributed by atoms with Crippen molar-refractivity contribution in [3.05, 3.63) is 28.8 Å². The molecule has 1 aromatic carbocycles. The summed E-state index contributed by atoms with van der Waals surface area (Å²) in [7, 11) is -6.03. The molecule has 0 N–H and O–H groups in total. The second-order valence-corrected chi connectivity index (χ2v) is 9.36. The quantitative estimate of drug-likeness (QED) is 0.376. The van der Waals surface area contributed by atoms with Gasteiger partial charge in [0.2, 0.25) is 0 Å². The van der Waals surface area contributed by atoms with Crippen LogP contribution in [-0.4, -0.2) is 43.5 Å². The van der Waals surface area contributed by atoms with Crippen molar-refractivity contribution in [3.8, 4) is 11.8 Å². The van der Waals surface area contributed by atoms with Gasteiger partial charge in [-0.25, -0.2) is 0 Å². The molecule has 2 aliphatic rings. The molecule has 0 saturated carbocycles. The number of nitrogens with zero attached hydrogens (tertiary/aromatic N) is 2. The van der Waals surface area contributed by atoms with Gasteiger partial charge in [-0.05, 0) is 47.4 Å². The molecule has 3 rings (SSSR count). The molecule has 6 nitrogen and oxygen atoms in total. The van der Waals surface area contributed by atoms with Gasteiger partial charge in [0.05, 0.1) is 5.56 Å². The van der Waals surface area contributed by atoms with Gasteiger partial charge >= 0.3 is 27.7 Å². The molecule has 2 bridgehead atoms. The molecule has 0 radical (unpaired) electrons. The zero-order chi connectivity index (χ0) is 23.6. The van der Waals surface area contributed by atoms with E-state index in [0.717, 1.165) is 17.0 Å². The summed E-state index contributed by atoms with van der Waals surface area (Å²) in [6.45, 7) is 3.06. The highest BCUT2D eigenvalue weighted by atomic mass is 32.2. The van der Waals surface area contributed by atoms with E-state index in [1.54, 1.807) is 19.9 Å². The van der Waals surface area contributed by atoms with E-state index >= 15 is 0 Å². The lowest BCUT2D eigenvalue weighted by Crippen LogP contribution is -2.61. The SMILES string of the molecule is C[C@@H]1[C@H]2Cc3cc(C#N)c(OS(=O)(=O)C(F)(F)F)cc3[C@]1(C)CCN2C(=O)C(F)(F)F. The molecule has 1 heterocycles. The first-order valence-corrected chi connectivity index (χ1v) is 10.4. The van der Waals surface area contributed by atoms with Crippen LogP contribution in [0.15, 0.2) is 12.1 Å². The highest BCUT2D eigenvalue weighted by Crippen LogP contribution is 2.50. The third kappa shape index (κ3) is 3.71. The Morgan fingerprint density at radius 1 is 1.26 bits per heavy atom. The standard InChI is InChI=1S/C18H16F6N2O4S/c1-9-13-6-10-5-11(8-25)14(30-31(28,29)18(22,23)24)7-12(10)16(9,2)3-4-26(13)15(27)17(19,20)21/h5,7,9,13H,3-4,6H2,1-2H3/t9-,13-,16-/m1/s1. The van der Waals surface area contributed by atoms with Crippen molar-refractivity contribution in [1.82, 2.24) is 4.90 Å². The zero-order valence-corrected chi connectivity index (χ0v) is 17.0. The van der Waals surface area contributed by atoms with Crippen LogP contribution in [-0.2, 0) is 26.7 Å². The number of alkyl halides is 6. The van der Waals surface area contributed by atoms with Crippen molar-refractivity contribution in [2.24, 2.45) is 5.92 Å². The summed E-state index contributed by atoms with van der Waals surface area (Å²) in [4.78, 5) is 12.6. The Morgan fingerprint density at radius 3 is 2.39 bits per heavy atom. The smallest absolute Gasteiger partial charge is 0.375 e. The Bertz CT molecular complexity index is 1080. The normalized spacial score (nSPS) is 26.1. The van der Waals surface area contributed by atoms with Crippen molar-refractivity contribution in [3.63, 3.8) is 0 Å². The average Bonchev–Trinajstić information content (AvgIpc) is 2.62. The van der Waals surface area contributed by atoms with Gasteiger partial charge in [-0.1, -0.05) is 13.8 Å². The number of benzene rings is 1. The van der Waals surface area contributed by atoms with Crippen LogP contribution in [0.5, 0.6) is 5.75 Å². The molecule has 31 heavy (non-hydrogen) atoms. The minimum atomic E-state index is -6.03. The second kappa shape index (κ2) is 7.01. The van der Waals surface area contributed by atoms with Crippen molar-refractivity contribution in [2.45, 2.75) is 49.8 Å². The van der Waals surface area contributed by atoms with Crippen LogP contribution in [0.25, 0.3) is 0 Å². The summed E-state index contributed by atoms with van der Waals surface area (Å²) in [5.74, 6) is -3.31. The maximum atomic E-state index is 13.0. The molecule has 13 heteroatoms. The van der Waals surface area contributed by atoms with E-state index in [2.05, 4.69) is 4.18 Å². The van der Waals surface area contributed by atoms with E-state index in [1.165, 1.54) is 0 Å². The molecular weight excluding hydrogens is 454 g/mol. The van der Waals surface area contributed by atoms with E-state index < -0.39 is 56.4 Å². The lowest BCUT2D eigenvalue weighted by Gasteiger charge is -2.54. The molecule has 3 atom stereocenters. The summed E-state index contributed by atoms with van der Waals surface area (Å²) in [6, 6.07) is 2.84. The molecule has 0 aromatic heterocycles. The predicted octanol–water partition coefficient (Wildman–Crippen LogP) is 3.40. The first-order chi connectivity index (χ1) is 14.0. The number of nitriles is 1. The minimum Gasteiger partial charge on any atom is -0.375 e. The molecular formula is C18H16F6N2O4S. The molecule has 1 fully saturated rings. The Balaban J connectivity index is 2.09. The van der Waals surface area contributed by atoms with E-state index in [4.69, 9.17) is 0 Å². The monoisotopic (exact) mass is 470 g/mol. The second-order valence-electron chi connectivity index (χ2n) is 7.82. The van der Waals surface area contributed by atoms with Crippen LogP contribution in [0, 0.1) is 17.2 Å². The maximum absolute atomic E-state index is 13.0. The third-order valence-electron chi connectivity index (χ3n) is 6.21. The van der Waals surface area contributed by atoms with Crippen LogP contribution < -0.4 is 4.18 Å². The summed E-state index contributed by atoms with van der Waals surface area (Å²) in [5.41, 5.74) is -6.38. The Hall–Kier alpha value is -2.49. The summed E-state index contributed by atoms with van der Waals surface area (Å²) >= 11 is 0. The fourth-order valence-electron chi connectivity index (χ4n) is 4.39.